The quantitative estimate of drug-likeness (QED) is 0.672. The minimum atomic E-state index is -3.24. The topological polar surface area (TPSA) is 110 Å². The fourth-order valence-electron chi connectivity index (χ4n) is 1.81. The van der Waals surface area contributed by atoms with Crippen LogP contribution < -0.4 is 15.8 Å². The molecule has 0 amide bonds. The van der Waals surface area contributed by atoms with Crippen LogP contribution in [0, 0.1) is 0 Å². The lowest BCUT2D eigenvalue weighted by Crippen LogP contribution is -2.29. The number of nitrogens with one attached hydrogen (secondary N) is 2. The molecule has 8 heteroatoms. The third-order valence-corrected chi connectivity index (χ3v) is 4.16. The fourth-order valence-corrected chi connectivity index (χ4v) is 2.77. The summed E-state index contributed by atoms with van der Waals surface area (Å²) >= 11 is 0. The highest BCUT2D eigenvalue weighted by Gasteiger charge is 2.09. The Morgan fingerprint density at radius 2 is 2.10 bits per heavy atom. The Morgan fingerprint density at radius 3 is 2.85 bits per heavy atom. The molecular formula is C12H17N5O2S. The summed E-state index contributed by atoms with van der Waals surface area (Å²) < 4.78 is 25.5. The molecule has 0 aliphatic rings. The Bertz CT molecular complexity index is 702. The lowest BCUT2D eigenvalue weighted by atomic mass is 10.2. The van der Waals surface area contributed by atoms with Crippen LogP contribution in [-0.4, -0.2) is 37.2 Å². The Labute approximate surface area is 117 Å². The second-order valence-electron chi connectivity index (χ2n) is 4.24. The number of anilines is 2. The van der Waals surface area contributed by atoms with Crippen molar-refractivity contribution < 1.29 is 8.42 Å². The molecule has 2 aromatic rings. The number of aromatic nitrogens is 2. The molecule has 0 radical (unpaired) electrons. The van der Waals surface area contributed by atoms with Crippen LogP contribution in [0.3, 0.4) is 0 Å². The van der Waals surface area contributed by atoms with Gasteiger partial charge in [-0.25, -0.2) is 23.1 Å². The van der Waals surface area contributed by atoms with Gasteiger partial charge in [-0.2, -0.15) is 0 Å². The van der Waals surface area contributed by atoms with E-state index < -0.39 is 10.0 Å². The first-order valence-electron chi connectivity index (χ1n) is 6.23. The van der Waals surface area contributed by atoms with Gasteiger partial charge in [0.15, 0.2) is 0 Å². The first-order valence-corrected chi connectivity index (χ1v) is 7.88. The van der Waals surface area contributed by atoms with Crippen LogP contribution in [-0.2, 0) is 10.0 Å². The molecule has 0 bridgehead atoms. The monoisotopic (exact) mass is 295 g/mol. The predicted octanol–water partition coefficient (Wildman–Crippen LogP) is 0.563. The fraction of sp³-hybridized carbons (Fsp3) is 0.333. The van der Waals surface area contributed by atoms with Crippen molar-refractivity contribution >= 4 is 32.4 Å². The number of benzene rings is 1. The Kier molecular flexibility index (Phi) is 4.35. The summed E-state index contributed by atoms with van der Waals surface area (Å²) in [7, 11) is -3.24. The predicted molar refractivity (Wildman–Crippen MR) is 79.9 cm³/mol. The molecule has 1 heterocycles. The van der Waals surface area contributed by atoms with E-state index in [4.69, 9.17) is 5.73 Å². The molecule has 0 aliphatic carbocycles. The molecule has 108 valence electrons. The van der Waals surface area contributed by atoms with E-state index in [-0.39, 0.29) is 12.3 Å². The van der Waals surface area contributed by atoms with Gasteiger partial charge in [0.05, 0.1) is 11.3 Å². The van der Waals surface area contributed by atoms with Crippen LogP contribution >= 0.6 is 0 Å². The molecule has 2 rings (SSSR count). The summed E-state index contributed by atoms with van der Waals surface area (Å²) in [6, 6.07) is 5.32. The normalized spacial score (nSPS) is 11.7. The third-order valence-electron chi connectivity index (χ3n) is 2.69. The van der Waals surface area contributed by atoms with Crippen LogP contribution in [0.2, 0.25) is 0 Å². The Hall–Kier alpha value is -1.93. The van der Waals surface area contributed by atoms with Crippen molar-refractivity contribution in [2.24, 2.45) is 0 Å². The van der Waals surface area contributed by atoms with Crippen LogP contribution in [0.1, 0.15) is 6.92 Å². The van der Waals surface area contributed by atoms with Crippen molar-refractivity contribution in [2.45, 2.75) is 6.92 Å². The molecule has 4 N–H and O–H groups in total. The smallest absolute Gasteiger partial charge is 0.213 e. The summed E-state index contributed by atoms with van der Waals surface area (Å²) in [6.07, 6.45) is 1.42. The van der Waals surface area contributed by atoms with Gasteiger partial charge in [0, 0.05) is 24.2 Å². The van der Waals surface area contributed by atoms with Crippen molar-refractivity contribution in [1.29, 1.82) is 0 Å². The molecule has 0 spiro atoms. The minimum absolute atomic E-state index is 0.0126. The Morgan fingerprint density at radius 1 is 1.30 bits per heavy atom. The molecule has 1 aromatic heterocycles. The second kappa shape index (κ2) is 6.02. The highest BCUT2D eigenvalue weighted by Crippen LogP contribution is 2.20. The highest BCUT2D eigenvalue weighted by molar-refractivity contribution is 7.89. The van der Waals surface area contributed by atoms with Gasteiger partial charge in [0.25, 0.3) is 0 Å². The van der Waals surface area contributed by atoms with E-state index in [1.165, 1.54) is 6.33 Å². The Balaban J connectivity index is 2.11. The number of hydrogen-bond acceptors (Lipinski definition) is 6. The molecule has 0 unspecified atom stereocenters. The third kappa shape index (κ3) is 3.55. The molecule has 0 fully saturated rings. The molecule has 0 atom stereocenters. The number of hydrogen-bond donors (Lipinski definition) is 3. The van der Waals surface area contributed by atoms with Crippen LogP contribution in [0.25, 0.3) is 10.9 Å². The van der Waals surface area contributed by atoms with Gasteiger partial charge in [-0.15, -0.1) is 0 Å². The minimum Gasteiger partial charge on any atom is -0.399 e. The van der Waals surface area contributed by atoms with E-state index >= 15 is 0 Å². The summed E-state index contributed by atoms with van der Waals surface area (Å²) in [5.74, 6) is 0.586. The zero-order valence-corrected chi connectivity index (χ0v) is 11.9. The van der Waals surface area contributed by atoms with Gasteiger partial charge in [-0.1, -0.05) is 6.92 Å². The van der Waals surface area contributed by atoms with E-state index in [0.29, 0.717) is 18.1 Å². The summed E-state index contributed by atoms with van der Waals surface area (Å²) in [4.78, 5) is 8.25. The van der Waals surface area contributed by atoms with E-state index in [0.717, 1.165) is 10.9 Å². The van der Waals surface area contributed by atoms with Gasteiger partial charge in [-0.3, -0.25) is 0 Å². The average Bonchev–Trinajstić information content (AvgIpc) is 2.38. The van der Waals surface area contributed by atoms with Crippen molar-refractivity contribution in [3.8, 4) is 0 Å². The molecule has 7 nitrogen and oxygen atoms in total. The first-order chi connectivity index (χ1) is 9.52. The maximum atomic E-state index is 11.5. The van der Waals surface area contributed by atoms with Crippen molar-refractivity contribution in [2.75, 3.05) is 29.9 Å². The van der Waals surface area contributed by atoms with Gasteiger partial charge in [0.2, 0.25) is 10.0 Å². The highest BCUT2D eigenvalue weighted by atomic mass is 32.2. The van der Waals surface area contributed by atoms with E-state index in [2.05, 4.69) is 20.0 Å². The maximum Gasteiger partial charge on any atom is 0.213 e. The lowest BCUT2D eigenvalue weighted by molar-refractivity contribution is 0.584. The lowest BCUT2D eigenvalue weighted by Gasteiger charge is -2.09. The zero-order chi connectivity index (χ0) is 14.6. The number of sulfonamides is 1. The second-order valence-corrected chi connectivity index (χ2v) is 6.17. The number of nitrogens with zero attached hydrogens (tertiary/aromatic N) is 2. The van der Waals surface area contributed by atoms with Gasteiger partial charge in [0.1, 0.15) is 12.1 Å². The average molecular weight is 295 g/mol. The van der Waals surface area contributed by atoms with Crippen LogP contribution in [0.15, 0.2) is 24.5 Å². The van der Waals surface area contributed by atoms with Gasteiger partial charge < -0.3 is 11.1 Å². The summed E-state index contributed by atoms with van der Waals surface area (Å²) in [5.41, 5.74) is 7.04. The molecule has 20 heavy (non-hydrogen) atoms. The largest absolute Gasteiger partial charge is 0.399 e. The number of fused-ring (bicyclic) bond motifs is 1. The van der Waals surface area contributed by atoms with E-state index in [9.17, 15) is 8.42 Å². The van der Waals surface area contributed by atoms with Gasteiger partial charge >= 0.3 is 0 Å². The van der Waals surface area contributed by atoms with Gasteiger partial charge in [-0.05, 0) is 18.2 Å². The van der Waals surface area contributed by atoms with E-state index in [1.54, 1.807) is 19.1 Å². The standard InChI is InChI=1S/C12H17N5O2S/c1-2-17-20(18,19)6-5-14-12-10-4-3-9(13)7-11(10)15-8-16-12/h3-4,7-8,17H,2,5-6,13H2,1H3,(H,14,15,16). The SMILES string of the molecule is CCNS(=O)(=O)CCNc1ncnc2cc(N)ccc12. The summed E-state index contributed by atoms with van der Waals surface area (Å²) in [6.45, 7) is 2.40. The molecule has 0 aliphatic heterocycles. The van der Waals surface area contributed by atoms with Crippen molar-refractivity contribution in [3.05, 3.63) is 24.5 Å². The maximum absolute atomic E-state index is 11.5. The number of nitrogens with two attached hydrogens (primary N) is 1. The summed E-state index contributed by atoms with van der Waals surface area (Å²) in [5, 5.41) is 3.82. The van der Waals surface area contributed by atoms with Crippen LogP contribution in [0.5, 0.6) is 0 Å². The van der Waals surface area contributed by atoms with Crippen molar-refractivity contribution in [1.82, 2.24) is 14.7 Å². The van der Waals surface area contributed by atoms with E-state index in [1.807, 2.05) is 6.07 Å². The number of nitrogen functional groups attached to an aromatic ring is 1. The molecule has 1 aromatic carbocycles. The van der Waals surface area contributed by atoms with Crippen LogP contribution in [0.4, 0.5) is 11.5 Å². The molecular weight excluding hydrogens is 278 g/mol. The molecule has 0 saturated carbocycles. The zero-order valence-electron chi connectivity index (χ0n) is 11.1. The van der Waals surface area contributed by atoms with Crippen molar-refractivity contribution in [3.63, 3.8) is 0 Å². The molecule has 0 saturated heterocycles. The first kappa shape index (κ1) is 14.5. The number of rotatable bonds is 6.